The molecule has 0 saturated heterocycles. The van der Waals surface area contributed by atoms with E-state index in [-0.39, 0.29) is 6.04 Å². The highest BCUT2D eigenvalue weighted by atomic mass is 19.4. The van der Waals surface area contributed by atoms with Crippen LogP contribution in [0.1, 0.15) is 26.5 Å². The molecule has 1 rings (SSSR count). The molecule has 0 aromatic carbocycles. The maximum absolute atomic E-state index is 12.6. The Hall–Kier alpha value is -1.30. The Labute approximate surface area is 111 Å². The fraction of sp³-hybridized carbons (Fsp3) is 0.615. The smallest absolute Gasteiger partial charge is 0.360 e. The molecule has 108 valence electrons. The van der Waals surface area contributed by atoms with E-state index in [1.807, 2.05) is 6.92 Å². The highest BCUT2D eigenvalue weighted by Gasteiger charge is 2.32. The van der Waals surface area contributed by atoms with Crippen molar-refractivity contribution in [2.24, 2.45) is 0 Å². The number of alkyl halides is 3. The van der Waals surface area contributed by atoms with E-state index in [1.54, 1.807) is 32.2 Å². The second-order valence-electron chi connectivity index (χ2n) is 4.62. The van der Waals surface area contributed by atoms with Crippen LogP contribution < -0.4 is 10.2 Å². The lowest BCUT2D eigenvalue weighted by atomic mass is 10.2. The van der Waals surface area contributed by atoms with Crippen molar-refractivity contribution in [2.75, 3.05) is 18.0 Å². The number of aromatic nitrogens is 1. The molecule has 1 aromatic heterocycles. The van der Waals surface area contributed by atoms with Crippen LogP contribution in [0.3, 0.4) is 0 Å². The topological polar surface area (TPSA) is 28.2 Å². The number of nitrogens with zero attached hydrogens (tertiary/aromatic N) is 2. The summed E-state index contributed by atoms with van der Waals surface area (Å²) in [5.74, 6) is 0. The van der Waals surface area contributed by atoms with Gasteiger partial charge in [0.15, 0.2) is 0 Å². The van der Waals surface area contributed by atoms with Gasteiger partial charge in [0, 0.05) is 24.5 Å². The van der Waals surface area contributed by atoms with Crippen LogP contribution in [-0.4, -0.2) is 30.3 Å². The summed E-state index contributed by atoms with van der Waals surface area (Å²) >= 11 is 0. The second kappa shape index (κ2) is 6.75. The predicted octanol–water partition coefficient (Wildman–Crippen LogP) is 2.97. The summed E-state index contributed by atoms with van der Waals surface area (Å²) in [6.07, 6.45) is -2.66. The normalized spacial score (nSPS) is 11.9. The van der Waals surface area contributed by atoms with E-state index in [9.17, 15) is 13.2 Å². The second-order valence-corrected chi connectivity index (χ2v) is 4.62. The molecule has 3 nitrogen and oxygen atoms in total. The Bertz CT molecular complexity index is 391. The fourth-order valence-corrected chi connectivity index (χ4v) is 1.76. The van der Waals surface area contributed by atoms with Crippen LogP contribution in [0.25, 0.3) is 0 Å². The zero-order chi connectivity index (χ0) is 14.5. The van der Waals surface area contributed by atoms with Crippen molar-refractivity contribution in [3.05, 3.63) is 24.0 Å². The minimum atomic E-state index is -4.21. The molecule has 0 aliphatic heterocycles. The highest BCUT2D eigenvalue weighted by molar-refractivity contribution is 5.47. The standard InChI is InChI=1S/C13H20F3N3/c1-4-17-8-11-7-12(5-6-18-11)19(10(2)3)9-13(14,15)16/h5-7,10,17H,4,8-9H2,1-3H3. The van der Waals surface area contributed by atoms with Gasteiger partial charge in [0.1, 0.15) is 6.54 Å². The van der Waals surface area contributed by atoms with Crippen LogP contribution in [0.5, 0.6) is 0 Å². The fourth-order valence-electron chi connectivity index (χ4n) is 1.76. The quantitative estimate of drug-likeness (QED) is 0.865. The Balaban J connectivity index is 2.90. The lowest BCUT2D eigenvalue weighted by Crippen LogP contribution is -2.39. The van der Waals surface area contributed by atoms with E-state index in [4.69, 9.17) is 0 Å². The first-order valence-electron chi connectivity index (χ1n) is 6.32. The lowest BCUT2D eigenvalue weighted by molar-refractivity contribution is -0.120. The highest BCUT2D eigenvalue weighted by Crippen LogP contribution is 2.24. The van der Waals surface area contributed by atoms with Crippen LogP contribution in [-0.2, 0) is 6.54 Å². The molecule has 0 aliphatic carbocycles. The summed E-state index contributed by atoms with van der Waals surface area (Å²) in [4.78, 5) is 5.48. The summed E-state index contributed by atoms with van der Waals surface area (Å²) < 4.78 is 37.8. The van der Waals surface area contributed by atoms with Crippen molar-refractivity contribution in [3.8, 4) is 0 Å². The summed E-state index contributed by atoms with van der Waals surface area (Å²) in [6, 6.07) is 3.09. The molecule has 6 heteroatoms. The third-order valence-electron chi connectivity index (χ3n) is 2.66. The SMILES string of the molecule is CCNCc1cc(N(CC(F)(F)F)C(C)C)ccn1. The van der Waals surface area contributed by atoms with Crippen LogP contribution in [0.4, 0.5) is 18.9 Å². The van der Waals surface area contributed by atoms with Gasteiger partial charge in [-0.05, 0) is 32.5 Å². The Morgan fingerprint density at radius 1 is 1.37 bits per heavy atom. The van der Waals surface area contributed by atoms with Crippen LogP contribution in [0.2, 0.25) is 0 Å². The minimum absolute atomic E-state index is 0.226. The largest absolute Gasteiger partial charge is 0.405 e. The molecular formula is C13H20F3N3. The molecule has 1 N–H and O–H groups in total. The summed E-state index contributed by atoms with van der Waals surface area (Å²) in [7, 11) is 0. The van der Waals surface area contributed by atoms with Gasteiger partial charge in [0.2, 0.25) is 0 Å². The van der Waals surface area contributed by atoms with Gasteiger partial charge in [0.05, 0.1) is 5.69 Å². The number of hydrogen-bond acceptors (Lipinski definition) is 3. The average Bonchev–Trinajstić information content (AvgIpc) is 2.32. The van der Waals surface area contributed by atoms with Crippen LogP contribution >= 0.6 is 0 Å². The van der Waals surface area contributed by atoms with Gasteiger partial charge < -0.3 is 10.2 Å². The molecule has 0 spiro atoms. The van der Waals surface area contributed by atoms with Crippen LogP contribution in [0.15, 0.2) is 18.3 Å². The average molecular weight is 275 g/mol. The zero-order valence-electron chi connectivity index (χ0n) is 11.5. The van der Waals surface area contributed by atoms with Crippen molar-refractivity contribution in [1.29, 1.82) is 0 Å². The number of pyridine rings is 1. The van der Waals surface area contributed by atoms with Gasteiger partial charge in [-0.3, -0.25) is 4.98 Å². The molecule has 0 atom stereocenters. The molecule has 1 aromatic rings. The molecule has 1 heterocycles. The first kappa shape index (κ1) is 15.8. The molecular weight excluding hydrogens is 255 g/mol. The minimum Gasteiger partial charge on any atom is -0.360 e. The molecule has 0 radical (unpaired) electrons. The third-order valence-corrected chi connectivity index (χ3v) is 2.66. The van der Waals surface area contributed by atoms with E-state index in [1.165, 1.54) is 4.90 Å². The maximum Gasteiger partial charge on any atom is 0.405 e. The van der Waals surface area contributed by atoms with Gasteiger partial charge in [-0.25, -0.2) is 0 Å². The first-order chi connectivity index (χ1) is 8.83. The lowest BCUT2D eigenvalue weighted by Gasteiger charge is -2.30. The van der Waals surface area contributed by atoms with Crippen molar-refractivity contribution in [1.82, 2.24) is 10.3 Å². The van der Waals surface area contributed by atoms with Crippen molar-refractivity contribution in [3.63, 3.8) is 0 Å². The molecule has 19 heavy (non-hydrogen) atoms. The van der Waals surface area contributed by atoms with Gasteiger partial charge in [-0.1, -0.05) is 6.92 Å². The Morgan fingerprint density at radius 3 is 2.58 bits per heavy atom. The molecule has 0 fully saturated rings. The molecule has 0 amide bonds. The van der Waals surface area contributed by atoms with E-state index < -0.39 is 12.7 Å². The van der Waals surface area contributed by atoms with Crippen LogP contribution in [0, 0.1) is 0 Å². The van der Waals surface area contributed by atoms with Crippen molar-refractivity contribution < 1.29 is 13.2 Å². The summed E-state index contributed by atoms with van der Waals surface area (Å²) in [5, 5.41) is 3.10. The molecule has 0 unspecified atom stereocenters. The maximum atomic E-state index is 12.6. The summed E-state index contributed by atoms with van der Waals surface area (Å²) in [5.41, 5.74) is 1.29. The zero-order valence-corrected chi connectivity index (χ0v) is 11.5. The molecule has 0 bridgehead atoms. The van der Waals surface area contributed by atoms with E-state index >= 15 is 0 Å². The molecule has 0 aliphatic rings. The van der Waals surface area contributed by atoms with Crippen molar-refractivity contribution >= 4 is 5.69 Å². The third kappa shape index (κ3) is 5.46. The van der Waals surface area contributed by atoms with E-state index in [0.717, 1.165) is 12.2 Å². The first-order valence-corrected chi connectivity index (χ1v) is 6.32. The number of nitrogens with one attached hydrogen (secondary N) is 1. The van der Waals surface area contributed by atoms with Gasteiger partial charge in [-0.2, -0.15) is 13.2 Å². The van der Waals surface area contributed by atoms with Gasteiger partial charge >= 0.3 is 6.18 Å². The van der Waals surface area contributed by atoms with Gasteiger partial charge in [0.25, 0.3) is 0 Å². The predicted molar refractivity (Wildman–Crippen MR) is 70.2 cm³/mol. The number of rotatable bonds is 6. The van der Waals surface area contributed by atoms with E-state index in [2.05, 4.69) is 10.3 Å². The van der Waals surface area contributed by atoms with Crippen molar-refractivity contribution in [2.45, 2.75) is 39.5 Å². The number of hydrogen-bond donors (Lipinski definition) is 1. The Kier molecular flexibility index (Phi) is 5.60. The molecule has 0 saturated carbocycles. The monoisotopic (exact) mass is 275 g/mol. The Morgan fingerprint density at radius 2 is 2.05 bits per heavy atom. The van der Waals surface area contributed by atoms with Gasteiger partial charge in [-0.15, -0.1) is 0 Å². The van der Waals surface area contributed by atoms with E-state index in [0.29, 0.717) is 12.2 Å². The summed E-state index contributed by atoms with van der Waals surface area (Å²) in [6.45, 7) is 5.86. The number of anilines is 1. The number of halogens is 3.